The predicted octanol–water partition coefficient (Wildman–Crippen LogP) is 3.00. The molecule has 4 nitrogen and oxygen atoms in total. The van der Waals surface area contributed by atoms with Crippen molar-refractivity contribution in [1.29, 1.82) is 0 Å². The molecule has 3 rings (SSSR count). The lowest BCUT2D eigenvalue weighted by atomic mass is 9.89. The summed E-state index contributed by atoms with van der Waals surface area (Å²) in [5.74, 6) is -0.147. The molecule has 8 heteroatoms. The zero-order valence-electron chi connectivity index (χ0n) is 13.9. The van der Waals surface area contributed by atoms with Gasteiger partial charge in [0.25, 0.3) is 0 Å². The Morgan fingerprint density at radius 3 is 2.40 bits per heavy atom. The van der Waals surface area contributed by atoms with Gasteiger partial charge in [-0.05, 0) is 49.8 Å². The first-order valence-electron chi connectivity index (χ1n) is 8.64. The van der Waals surface area contributed by atoms with Crippen LogP contribution in [0.5, 0.6) is 0 Å². The second-order valence-corrected chi connectivity index (χ2v) is 8.82. The Labute approximate surface area is 146 Å². The van der Waals surface area contributed by atoms with Gasteiger partial charge in [-0.3, -0.25) is 0 Å². The average Bonchev–Trinajstić information content (AvgIpc) is 3.08. The highest BCUT2D eigenvalue weighted by atomic mass is 32.2. The second-order valence-electron chi connectivity index (χ2n) is 6.85. The van der Waals surface area contributed by atoms with E-state index in [-0.39, 0.29) is 5.56 Å². The number of benzene rings is 1. The quantitative estimate of drug-likeness (QED) is 0.879. The molecule has 2 heterocycles. The topological polar surface area (TPSA) is 49.4 Å². The van der Waals surface area contributed by atoms with Crippen LogP contribution in [-0.2, 0) is 22.0 Å². The van der Waals surface area contributed by atoms with Gasteiger partial charge in [-0.2, -0.15) is 13.2 Å². The number of nitrogens with one attached hydrogen (secondary N) is 1. The van der Waals surface area contributed by atoms with Crippen molar-refractivity contribution < 1.29 is 21.6 Å². The number of hydrogen-bond donors (Lipinski definition) is 1. The van der Waals surface area contributed by atoms with Crippen LogP contribution < -0.4 is 5.32 Å². The first-order chi connectivity index (χ1) is 11.8. The van der Waals surface area contributed by atoms with Gasteiger partial charge in [0.05, 0.1) is 11.3 Å². The maximum atomic E-state index is 13.1. The van der Waals surface area contributed by atoms with Gasteiger partial charge in [-0.25, -0.2) is 12.7 Å². The Morgan fingerprint density at radius 2 is 1.80 bits per heavy atom. The summed E-state index contributed by atoms with van der Waals surface area (Å²) in [5.41, 5.74) is -1.06. The van der Waals surface area contributed by atoms with Crippen molar-refractivity contribution in [3.05, 3.63) is 35.4 Å². The molecule has 0 amide bonds. The zero-order chi connectivity index (χ0) is 18.1. The van der Waals surface area contributed by atoms with Gasteiger partial charge in [0.15, 0.2) is 0 Å². The molecule has 2 saturated heterocycles. The Bertz CT molecular complexity index is 692. The van der Waals surface area contributed by atoms with Gasteiger partial charge >= 0.3 is 6.18 Å². The summed E-state index contributed by atoms with van der Waals surface area (Å²) < 4.78 is 65.8. The maximum absolute atomic E-state index is 13.1. The van der Waals surface area contributed by atoms with Crippen molar-refractivity contribution in [2.75, 3.05) is 19.6 Å². The monoisotopic (exact) mass is 376 g/mol. The highest BCUT2D eigenvalue weighted by Crippen LogP contribution is 2.33. The Hall–Kier alpha value is -1.12. The summed E-state index contributed by atoms with van der Waals surface area (Å²) in [6.45, 7) is 1.79. The summed E-state index contributed by atoms with van der Waals surface area (Å²) in [6, 6.07) is 5.35. The van der Waals surface area contributed by atoms with Crippen molar-refractivity contribution in [2.45, 2.75) is 43.7 Å². The molecule has 1 unspecified atom stereocenters. The molecule has 1 atom stereocenters. The SMILES string of the molecule is O=S(=O)(Cc1ccccc1C(F)(F)F)N1CCC(C2CCCN2)CC1. The molecule has 25 heavy (non-hydrogen) atoms. The number of hydrogen-bond acceptors (Lipinski definition) is 3. The lowest BCUT2D eigenvalue weighted by Gasteiger charge is -2.34. The number of sulfonamides is 1. The van der Waals surface area contributed by atoms with Gasteiger partial charge < -0.3 is 5.32 Å². The van der Waals surface area contributed by atoms with E-state index in [1.54, 1.807) is 0 Å². The van der Waals surface area contributed by atoms with Crippen molar-refractivity contribution >= 4 is 10.0 Å². The van der Waals surface area contributed by atoms with Crippen LogP contribution in [0.3, 0.4) is 0 Å². The molecule has 0 saturated carbocycles. The number of rotatable bonds is 4. The second kappa shape index (κ2) is 7.25. The number of nitrogens with zero attached hydrogens (tertiary/aromatic N) is 1. The first-order valence-corrected chi connectivity index (χ1v) is 10.2. The summed E-state index contributed by atoms with van der Waals surface area (Å²) in [4.78, 5) is 0. The lowest BCUT2D eigenvalue weighted by Crippen LogP contribution is -2.43. The molecule has 0 aromatic heterocycles. The third-order valence-electron chi connectivity index (χ3n) is 5.22. The minimum Gasteiger partial charge on any atom is -0.314 e. The fourth-order valence-corrected chi connectivity index (χ4v) is 5.48. The molecular weight excluding hydrogens is 353 g/mol. The lowest BCUT2D eigenvalue weighted by molar-refractivity contribution is -0.138. The molecule has 140 valence electrons. The third kappa shape index (κ3) is 4.35. The fourth-order valence-electron chi connectivity index (χ4n) is 3.88. The largest absolute Gasteiger partial charge is 0.416 e. The van der Waals surface area contributed by atoms with Crippen LogP contribution in [0.4, 0.5) is 13.2 Å². The van der Waals surface area contributed by atoms with E-state index in [9.17, 15) is 21.6 Å². The fraction of sp³-hybridized carbons (Fsp3) is 0.647. The highest BCUT2D eigenvalue weighted by Gasteiger charge is 2.36. The van der Waals surface area contributed by atoms with E-state index >= 15 is 0 Å². The molecule has 0 spiro atoms. The zero-order valence-corrected chi connectivity index (χ0v) is 14.7. The molecule has 1 aromatic carbocycles. The van der Waals surface area contributed by atoms with E-state index in [4.69, 9.17) is 0 Å². The van der Waals surface area contributed by atoms with Gasteiger partial charge in [0.1, 0.15) is 0 Å². The van der Waals surface area contributed by atoms with Crippen LogP contribution in [0.15, 0.2) is 24.3 Å². The smallest absolute Gasteiger partial charge is 0.314 e. The molecule has 2 aliphatic rings. The Morgan fingerprint density at radius 1 is 1.12 bits per heavy atom. The predicted molar refractivity (Wildman–Crippen MR) is 89.4 cm³/mol. The van der Waals surface area contributed by atoms with E-state index in [2.05, 4.69) is 5.32 Å². The number of piperidine rings is 1. The minimum absolute atomic E-state index is 0.186. The number of alkyl halides is 3. The van der Waals surface area contributed by atoms with E-state index in [1.165, 1.54) is 22.5 Å². The average molecular weight is 376 g/mol. The highest BCUT2D eigenvalue weighted by molar-refractivity contribution is 7.88. The molecule has 2 aliphatic heterocycles. The summed E-state index contributed by atoms with van der Waals surface area (Å²) >= 11 is 0. The van der Waals surface area contributed by atoms with Crippen molar-refractivity contribution in [3.63, 3.8) is 0 Å². The van der Waals surface area contributed by atoms with Gasteiger partial charge in [0.2, 0.25) is 10.0 Å². The molecule has 0 aliphatic carbocycles. The standard InChI is InChI=1S/C17H23F3N2O2S/c18-17(19,20)15-5-2-1-4-14(15)12-25(23,24)22-10-7-13(8-11-22)16-6-3-9-21-16/h1-2,4-5,13,16,21H,3,6-12H2. The molecule has 2 fully saturated rings. The number of halogens is 3. The van der Waals surface area contributed by atoms with Crippen molar-refractivity contribution in [3.8, 4) is 0 Å². The van der Waals surface area contributed by atoms with Crippen molar-refractivity contribution in [2.24, 2.45) is 5.92 Å². The maximum Gasteiger partial charge on any atom is 0.416 e. The Kier molecular flexibility index (Phi) is 5.41. The summed E-state index contributed by atoms with van der Waals surface area (Å²) in [6.07, 6.45) is -0.753. The van der Waals surface area contributed by atoms with Crippen LogP contribution in [0.2, 0.25) is 0 Å². The molecular formula is C17H23F3N2O2S. The minimum atomic E-state index is -4.55. The summed E-state index contributed by atoms with van der Waals surface area (Å²) in [7, 11) is -3.75. The van der Waals surface area contributed by atoms with Gasteiger partial charge in [-0.1, -0.05) is 18.2 Å². The third-order valence-corrected chi connectivity index (χ3v) is 7.05. The van der Waals surface area contributed by atoms with E-state index in [0.717, 1.165) is 38.3 Å². The summed E-state index contributed by atoms with van der Waals surface area (Å²) in [5, 5.41) is 3.45. The van der Waals surface area contributed by atoms with Crippen LogP contribution in [0.25, 0.3) is 0 Å². The first kappa shape index (κ1) is 18.7. The molecule has 0 radical (unpaired) electrons. The van der Waals surface area contributed by atoms with E-state index < -0.39 is 27.5 Å². The molecule has 1 aromatic rings. The Balaban J connectivity index is 1.67. The normalized spacial score (nSPS) is 23.9. The van der Waals surface area contributed by atoms with Crippen LogP contribution in [0, 0.1) is 5.92 Å². The van der Waals surface area contributed by atoms with Gasteiger partial charge in [-0.15, -0.1) is 0 Å². The molecule has 0 bridgehead atoms. The van der Waals surface area contributed by atoms with Gasteiger partial charge in [0, 0.05) is 19.1 Å². The van der Waals surface area contributed by atoms with E-state index in [0.29, 0.717) is 25.0 Å². The van der Waals surface area contributed by atoms with Crippen LogP contribution in [0.1, 0.15) is 36.8 Å². The van der Waals surface area contributed by atoms with Crippen LogP contribution in [-0.4, -0.2) is 38.4 Å². The van der Waals surface area contributed by atoms with Crippen molar-refractivity contribution in [1.82, 2.24) is 9.62 Å². The van der Waals surface area contributed by atoms with E-state index in [1.807, 2.05) is 0 Å². The van der Waals surface area contributed by atoms with Crippen LogP contribution >= 0.6 is 0 Å². The molecule has 1 N–H and O–H groups in total.